The molecule has 5 heteroatoms. The zero-order valence-electron chi connectivity index (χ0n) is 11.4. The minimum atomic E-state index is -3.39. The van der Waals surface area contributed by atoms with Gasteiger partial charge in [0.25, 0.3) is 0 Å². The molecule has 0 aliphatic rings. The zero-order chi connectivity index (χ0) is 15.5. The third-order valence-electron chi connectivity index (χ3n) is 2.93. The molecule has 0 fully saturated rings. The van der Waals surface area contributed by atoms with E-state index < -0.39 is 9.84 Å². The van der Waals surface area contributed by atoms with Crippen LogP contribution < -0.4 is 0 Å². The first-order valence-electron chi connectivity index (χ1n) is 6.27. The van der Waals surface area contributed by atoms with Crippen LogP contribution in [0.3, 0.4) is 0 Å². The summed E-state index contributed by atoms with van der Waals surface area (Å²) in [5.74, 6) is -0.405. The maximum absolute atomic E-state index is 13.1. The molecule has 0 bridgehead atoms. The van der Waals surface area contributed by atoms with Crippen LogP contribution in [0.5, 0.6) is 0 Å². The lowest BCUT2D eigenvalue weighted by atomic mass is 10.1. The standard InChI is InChI=1S/C16H14ClFO2S/c1-12-10-13(4-7-16(12)18)8-9-21(19,20)11-14-2-5-15(17)6-3-14/h2-10H,11H2,1H3. The van der Waals surface area contributed by atoms with Crippen molar-refractivity contribution in [2.24, 2.45) is 0 Å². The molecule has 0 aliphatic heterocycles. The molecule has 0 unspecified atom stereocenters. The van der Waals surface area contributed by atoms with Gasteiger partial charge in [0, 0.05) is 10.4 Å². The van der Waals surface area contributed by atoms with Crippen LogP contribution in [0, 0.1) is 12.7 Å². The van der Waals surface area contributed by atoms with Gasteiger partial charge in [-0.3, -0.25) is 0 Å². The molecule has 2 aromatic carbocycles. The SMILES string of the molecule is Cc1cc(C=CS(=O)(=O)Cc2ccc(Cl)cc2)ccc1F. The predicted molar refractivity (Wildman–Crippen MR) is 84.2 cm³/mol. The molecule has 0 atom stereocenters. The van der Waals surface area contributed by atoms with Gasteiger partial charge in [0.1, 0.15) is 5.82 Å². The van der Waals surface area contributed by atoms with Gasteiger partial charge in [-0.2, -0.15) is 0 Å². The lowest BCUT2D eigenvalue weighted by molar-refractivity contribution is 0.604. The first kappa shape index (κ1) is 15.7. The van der Waals surface area contributed by atoms with Crippen molar-refractivity contribution in [3.8, 4) is 0 Å². The van der Waals surface area contributed by atoms with Crippen molar-refractivity contribution in [3.63, 3.8) is 0 Å². The van der Waals surface area contributed by atoms with Crippen molar-refractivity contribution in [2.45, 2.75) is 12.7 Å². The Bertz CT molecular complexity index is 765. The van der Waals surface area contributed by atoms with Crippen molar-refractivity contribution in [3.05, 3.63) is 75.4 Å². The van der Waals surface area contributed by atoms with Crippen molar-refractivity contribution < 1.29 is 12.8 Å². The van der Waals surface area contributed by atoms with E-state index in [1.54, 1.807) is 37.3 Å². The van der Waals surface area contributed by atoms with E-state index in [9.17, 15) is 12.8 Å². The van der Waals surface area contributed by atoms with Gasteiger partial charge in [0.05, 0.1) is 5.75 Å². The average molecular weight is 325 g/mol. The summed E-state index contributed by atoms with van der Waals surface area (Å²) < 4.78 is 37.2. The van der Waals surface area contributed by atoms with Crippen LogP contribution in [0.4, 0.5) is 4.39 Å². The van der Waals surface area contributed by atoms with Gasteiger partial charge in [-0.1, -0.05) is 29.8 Å². The second-order valence-electron chi connectivity index (χ2n) is 4.75. The van der Waals surface area contributed by atoms with Crippen LogP contribution in [-0.4, -0.2) is 8.42 Å². The molecule has 0 saturated heterocycles. The maximum atomic E-state index is 13.1. The molecule has 0 saturated carbocycles. The van der Waals surface area contributed by atoms with Crippen LogP contribution >= 0.6 is 11.6 Å². The number of hydrogen-bond acceptors (Lipinski definition) is 2. The third-order valence-corrected chi connectivity index (χ3v) is 4.47. The topological polar surface area (TPSA) is 34.1 Å². The Morgan fingerprint density at radius 3 is 2.43 bits per heavy atom. The largest absolute Gasteiger partial charge is 0.224 e. The smallest absolute Gasteiger partial charge is 0.175 e. The second-order valence-corrected chi connectivity index (χ2v) is 7.07. The summed E-state index contributed by atoms with van der Waals surface area (Å²) in [5, 5.41) is 1.71. The predicted octanol–water partition coefficient (Wildman–Crippen LogP) is 4.37. The van der Waals surface area contributed by atoms with Crippen LogP contribution in [0.2, 0.25) is 5.02 Å². The third kappa shape index (κ3) is 4.69. The molecule has 0 N–H and O–H groups in total. The van der Waals surface area contributed by atoms with Gasteiger partial charge in [0.15, 0.2) is 9.84 Å². The molecule has 2 rings (SSSR count). The van der Waals surface area contributed by atoms with E-state index in [2.05, 4.69) is 0 Å². The summed E-state index contributed by atoms with van der Waals surface area (Å²) in [6, 6.07) is 11.1. The molecular formula is C16H14ClFO2S. The van der Waals surface area contributed by atoms with Crippen LogP contribution in [0.1, 0.15) is 16.7 Å². The Morgan fingerprint density at radius 1 is 1.14 bits per heavy atom. The lowest BCUT2D eigenvalue weighted by Gasteiger charge is -2.01. The quantitative estimate of drug-likeness (QED) is 0.836. The highest BCUT2D eigenvalue weighted by molar-refractivity contribution is 7.93. The number of benzene rings is 2. The van der Waals surface area contributed by atoms with Gasteiger partial charge in [0.2, 0.25) is 0 Å². The van der Waals surface area contributed by atoms with E-state index in [1.807, 2.05) is 0 Å². The van der Waals surface area contributed by atoms with Crippen LogP contribution in [0.25, 0.3) is 6.08 Å². The average Bonchev–Trinajstić information content (AvgIpc) is 2.43. The van der Waals surface area contributed by atoms with Crippen LogP contribution in [-0.2, 0) is 15.6 Å². The van der Waals surface area contributed by atoms with E-state index in [0.717, 1.165) is 5.41 Å². The minimum Gasteiger partial charge on any atom is -0.224 e. The van der Waals surface area contributed by atoms with E-state index in [4.69, 9.17) is 11.6 Å². The molecule has 0 spiro atoms. The highest BCUT2D eigenvalue weighted by Crippen LogP contribution is 2.15. The molecule has 110 valence electrons. The summed E-state index contributed by atoms with van der Waals surface area (Å²) in [7, 11) is -3.39. The number of rotatable bonds is 4. The molecule has 0 radical (unpaired) electrons. The van der Waals surface area contributed by atoms with Gasteiger partial charge in [-0.15, -0.1) is 0 Å². The molecule has 0 heterocycles. The number of aryl methyl sites for hydroxylation is 1. The van der Waals surface area contributed by atoms with Crippen molar-refractivity contribution in [1.82, 2.24) is 0 Å². The van der Waals surface area contributed by atoms with Gasteiger partial charge in [-0.05, 0) is 54.0 Å². The Balaban J connectivity index is 2.14. The van der Waals surface area contributed by atoms with Crippen molar-refractivity contribution in [1.29, 1.82) is 0 Å². The van der Waals surface area contributed by atoms with Gasteiger partial charge < -0.3 is 0 Å². The Hall–Kier alpha value is -1.65. The molecular weight excluding hydrogens is 311 g/mol. The lowest BCUT2D eigenvalue weighted by Crippen LogP contribution is -1.99. The normalized spacial score (nSPS) is 12.0. The van der Waals surface area contributed by atoms with Crippen molar-refractivity contribution >= 4 is 27.5 Å². The fourth-order valence-corrected chi connectivity index (χ4v) is 3.06. The first-order valence-corrected chi connectivity index (χ1v) is 8.36. The summed E-state index contributed by atoms with van der Waals surface area (Å²) in [6.45, 7) is 1.63. The Labute approximate surface area is 128 Å². The highest BCUT2D eigenvalue weighted by Gasteiger charge is 2.08. The Kier molecular flexibility index (Phi) is 4.80. The highest BCUT2D eigenvalue weighted by atomic mass is 35.5. The van der Waals surface area contributed by atoms with E-state index in [-0.39, 0.29) is 11.6 Å². The number of sulfone groups is 1. The second kappa shape index (κ2) is 6.41. The van der Waals surface area contributed by atoms with E-state index >= 15 is 0 Å². The minimum absolute atomic E-state index is 0.0964. The van der Waals surface area contributed by atoms with E-state index in [0.29, 0.717) is 21.7 Å². The molecule has 2 aromatic rings. The summed E-state index contributed by atoms with van der Waals surface area (Å²) in [6.07, 6.45) is 1.47. The maximum Gasteiger partial charge on any atom is 0.175 e. The first-order chi connectivity index (χ1) is 9.85. The molecule has 0 amide bonds. The van der Waals surface area contributed by atoms with Crippen LogP contribution in [0.15, 0.2) is 47.9 Å². The summed E-state index contributed by atoms with van der Waals surface area (Å²) in [5.41, 5.74) is 1.79. The van der Waals surface area contributed by atoms with Gasteiger partial charge in [-0.25, -0.2) is 12.8 Å². The number of hydrogen-bond donors (Lipinski definition) is 0. The summed E-state index contributed by atoms with van der Waals surface area (Å²) >= 11 is 5.76. The Morgan fingerprint density at radius 2 is 1.81 bits per heavy atom. The molecule has 2 nitrogen and oxygen atoms in total. The molecule has 21 heavy (non-hydrogen) atoms. The summed E-state index contributed by atoms with van der Waals surface area (Å²) in [4.78, 5) is 0. The fourth-order valence-electron chi connectivity index (χ4n) is 1.81. The zero-order valence-corrected chi connectivity index (χ0v) is 13.0. The molecule has 0 aromatic heterocycles. The van der Waals surface area contributed by atoms with Gasteiger partial charge >= 0.3 is 0 Å². The molecule has 0 aliphatic carbocycles. The van der Waals surface area contributed by atoms with Crippen molar-refractivity contribution in [2.75, 3.05) is 0 Å². The number of halogens is 2. The fraction of sp³-hybridized carbons (Fsp3) is 0.125. The monoisotopic (exact) mass is 324 g/mol. The van der Waals surface area contributed by atoms with E-state index in [1.165, 1.54) is 18.2 Å².